The Bertz CT molecular complexity index is 1730. The number of benzene rings is 1. The Morgan fingerprint density at radius 1 is 1.08 bits per heavy atom. The molecular formula is C29H28N6O. The van der Waals surface area contributed by atoms with Crippen LogP contribution in [-0.4, -0.2) is 29.1 Å². The van der Waals surface area contributed by atoms with Crippen molar-refractivity contribution in [3.63, 3.8) is 0 Å². The summed E-state index contributed by atoms with van der Waals surface area (Å²) in [5.41, 5.74) is 7.64. The van der Waals surface area contributed by atoms with Crippen LogP contribution in [0.15, 0.2) is 60.3 Å². The van der Waals surface area contributed by atoms with Crippen LogP contribution >= 0.6 is 0 Å². The Labute approximate surface area is 208 Å². The van der Waals surface area contributed by atoms with E-state index < -0.39 is 0 Å². The second kappa shape index (κ2) is 7.75. The van der Waals surface area contributed by atoms with Crippen molar-refractivity contribution in [3.05, 3.63) is 77.1 Å². The van der Waals surface area contributed by atoms with Gasteiger partial charge in [-0.1, -0.05) is 12.6 Å². The third-order valence-corrected chi connectivity index (χ3v) is 7.42. The average Bonchev–Trinajstić information content (AvgIpc) is 3.79. The first-order valence-electron chi connectivity index (χ1n) is 12.7. The molecule has 7 heteroatoms. The monoisotopic (exact) mass is 476 g/mol. The van der Waals surface area contributed by atoms with Crippen LogP contribution < -0.4 is 5.56 Å². The molecule has 1 aromatic carbocycles. The van der Waals surface area contributed by atoms with Gasteiger partial charge in [0.25, 0.3) is 5.56 Å². The van der Waals surface area contributed by atoms with Crippen molar-refractivity contribution in [1.82, 2.24) is 29.1 Å². The van der Waals surface area contributed by atoms with E-state index in [1.165, 1.54) is 30.4 Å². The number of hydrogen-bond donors (Lipinski definition) is 0. The van der Waals surface area contributed by atoms with E-state index in [4.69, 9.17) is 10.1 Å². The van der Waals surface area contributed by atoms with E-state index in [0.717, 1.165) is 50.9 Å². The first-order valence-corrected chi connectivity index (χ1v) is 12.7. The van der Waals surface area contributed by atoms with Gasteiger partial charge in [-0.25, -0.2) is 0 Å². The van der Waals surface area contributed by atoms with Crippen LogP contribution in [0.4, 0.5) is 0 Å². The van der Waals surface area contributed by atoms with Crippen LogP contribution in [0, 0.1) is 5.92 Å². The van der Waals surface area contributed by atoms with Gasteiger partial charge in [-0.3, -0.25) is 14.5 Å². The molecule has 4 heterocycles. The highest BCUT2D eigenvalue weighted by molar-refractivity contribution is 5.98. The topological polar surface area (TPSA) is 70.5 Å². The Kier molecular flexibility index (Phi) is 4.58. The highest BCUT2D eigenvalue weighted by atomic mass is 16.1. The zero-order chi connectivity index (χ0) is 24.6. The van der Waals surface area contributed by atoms with E-state index in [-0.39, 0.29) is 5.56 Å². The maximum atomic E-state index is 14.2. The van der Waals surface area contributed by atoms with Crippen LogP contribution in [0.2, 0.25) is 0 Å². The second-order valence-corrected chi connectivity index (χ2v) is 10.5. The summed E-state index contributed by atoms with van der Waals surface area (Å²) < 4.78 is 5.54. The van der Waals surface area contributed by atoms with Crippen molar-refractivity contribution < 1.29 is 0 Å². The van der Waals surface area contributed by atoms with E-state index >= 15 is 0 Å². The van der Waals surface area contributed by atoms with Gasteiger partial charge in [0, 0.05) is 60.3 Å². The second-order valence-electron chi connectivity index (χ2n) is 10.5. The smallest absolute Gasteiger partial charge is 0.281 e. The SMILES string of the molecule is C=C(C)c1cn(CC2CC2)c2c(-c3ccc(C4CC4)nc3)c(=O)n(-c3ccc4nn(C)cc4c3)nc12. The zero-order valence-electron chi connectivity index (χ0n) is 20.6. The summed E-state index contributed by atoms with van der Waals surface area (Å²) in [5, 5.41) is 10.4. The number of pyridine rings is 1. The number of hydrogen-bond acceptors (Lipinski definition) is 4. The molecule has 180 valence electrons. The third-order valence-electron chi connectivity index (χ3n) is 7.42. The largest absolute Gasteiger partial charge is 0.345 e. The zero-order valence-corrected chi connectivity index (χ0v) is 20.6. The van der Waals surface area contributed by atoms with Crippen LogP contribution in [0.3, 0.4) is 0 Å². The van der Waals surface area contributed by atoms with Crippen molar-refractivity contribution in [2.24, 2.45) is 13.0 Å². The summed E-state index contributed by atoms with van der Waals surface area (Å²) in [7, 11) is 1.90. The minimum absolute atomic E-state index is 0.143. The number of aromatic nitrogens is 6. The maximum Gasteiger partial charge on any atom is 0.281 e. The molecule has 0 spiro atoms. The van der Waals surface area contributed by atoms with Crippen LogP contribution in [0.1, 0.15) is 49.8 Å². The lowest BCUT2D eigenvalue weighted by Gasteiger charge is -2.13. The molecule has 0 bridgehead atoms. The van der Waals surface area contributed by atoms with Crippen molar-refractivity contribution in [2.75, 3.05) is 0 Å². The highest BCUT2D eigenvalue weighted by Gasteiger charge is 2.28. The van der Waals surface area contributed by atoms with Gasteiger partial charge in [0.2, 0.25) is 0 Å². The molecule has 0 radical (unpaired) electrons. The quantitative estimate of drug-likeness (QED) is 0.326. The van der Waals surface area contributed by atoms with Crippen molar-refractivity contribution in [3.8, 4) is 16.8 Å². The normalized spacial score (nSPS) is 15.7. The van der Waals surface area contributed by atoms with Gasteiger partial charge < -0.3 is 4.57 Å². The van der Waals surface area contributed by atoms with Gasteiger partial charge in [0.05, 0.1) is 22.3 Å². The molecule has 5 aromatic rings. The predicted octanol–water partition coefficient (Wildman–Crippen LogP) is 5.46. The summed E-state index contributed by atoms with van der Waals surface area (Å²) in [6, 6.07) is 9.96. The first kappa shape index (κ1) is 21.3. The summed E-state index contributed by atoms with van der Waals surface area (Å²) in [6.45, 7) is 7.12. The van der Waals surface area contributed by atoms with Gasteiger partial charge >= 0.3 is 0 Å². The molecule has 0 amide bonds. The van der Waals surface area contributed by atoms with Crippen LogP contribution in [0.25, 0.3) is 44.3 Å². The molecule has 36 heavy (non-hydrogen) atoms. The Morgan fingerprint density at radius 2 is 1.92 bits per heavy atom. The van der Waals surface area contributed by atoms with Crippen molar-refractivity contribution >= 4 is 27.5 Å². The van der Waals surface area contributed by atoms with Gasteiger partial charge in [0.1, 0.15) is 5.52 Å². The van der Waals surface area contributed by atoms with Gasteiger partial charge in [-0.2, -0.15) is 14.9 Å². The fourth-order valence-corrected chi connectivity index (χ4v) is 5.17. The summed E-state index contributed by atoms with van der Waals surface area (Å²) in [4.78, 5) is 19.0. The number of allylic oxidation sites excluding steroid dienone is 1. The molecule has 0 unspecified atom stereocenters. The lowest BCUT2D eigenvalue weighted by atomic mass is 10.1. The van der Waals surface area contributed by atoms with Crippen molar-refractivity contribution in [1.29, 1.82) is 0 Å². The molecule has 7 nitrogen and oxygen atoms in total. The molecular weight excluding hydrogens is 448 g/mol. The Morgan fingerprint density at radius 3 is 2.61 bits per heavy atom. The molecule has 0 saturated heterocycles. The van der Waals surface area contributed by atoms with Crippen molar-refractivity contribution in [2.45, 2.75) is 45.1 Å². The van der Waals surface area contributed by atoms with E-state index in [1.807, 2.05) is 44.6 Å². The Hall–Kier alpha value is -4.00. The van der Waals surface area contributed by atoms with Gasteiger partial charge in [-0.05, 0) is 68.4 Å². The first-order chi connectivity index (χ1) is 17.5. The minimum Gasteiger partial charge on any atom is -0.345 e. The molecule has 0 aliphatic heterocycles. The van der Waals surface area contributed by atoms with Crippen LogP contribution in [-0.2, 0) is 13.6 Å². The van der Waals surface area contributed by atoms with Gasteiger partial charge in [0.15, 0.2) is 0 Å². The number of rotatable bonds is 6. The van der Waals surface area contributed by atoms with E-state index in [9.17, 15) is 4.79 Å². The molecule has 2 saturated carbocycles. The highest BCUT2D eigenvalue weighted by Crippen LogP contribution is 2.40. The molecule has 4 aromatic heterocycles. The fraction of sp³-hybridized carbons (Fsp3) is 0.310. The molecule has 0 atom stereocenters. The molecule has 2 fully saturated rings. The summed E-state index contributed by atoms with van der Waals surface area (Å²) in [6.07, 6.45) is 10.8. The molecule has 7 rings (SSSR count). The maximum absolute atomic E-state index is 14.2. The minimum atomic E-state index is -0.143. The van der Waals surface area contributed by atoms with E-state index in [0.29, 0.717) is 23.1 Å². The molecule has 2 aliphatic rings. The number of nitrogens with zero attached hydrogens (tertiary/aromatic N) is 6. The Balaban J connectivity index is 1.52. The number of aryl methyl sites for hydroxylation is 1. The third kappa shape index (κ3) is 3.49. The summed E-state index contributed by atoms with van der Waals surface area (Å²) in [5.74, 6) is 1.21. The lowest BCUT2D eigenvalue weighted by Crippen LogP contribution is -2.24. The molecule has 2 aliphatic carbocycles. The number of fused-ring (bicyclic) bond motifs is 2. The standard InChI is InChI=1S/C29H28N6O/c1-17(2)23-16-34(14-18-4-5-18)28-26(20-8-10-24(30-13-20)19-6-7-19)29(36)35(32-27(23)28)22-9-11-25-21(12-22)15-33(3)31-25/h8-13,15-16,18-19H,1,4-7,14H2,2-3H3. The average molecular weight is 477 g/mol. The summed E-state index contributed by atoms with van der Waals surface area (Å²) >= 11 is 0. The van der Waals surface area contributed by atoms with Gasteiger partial charge in [-0.15, -0.1) is 0 Å². The van der Waals surface area contributed by atoms with E-state index in [2.05, 4.69) is 34.6 Å². The van der Waals surface area contributed by atoms with E-state index in [1.54, 1.807) is 4.68 Å². The van der Waals surface area contributed by atoms with Crippen LogP contribution in [0.5, 0.6) is 0 Å². The predicted molar refractivity (Wildman–Crippen MR) is 142 cm³/mol. The lowest BCUT2D eigenvalue weighted by molar-refractivity contribution is 0.646. The fourth-order valence-electron chi connectivity index (χ4n) is 5.17. The molecule has 0 N–H and O–H groups in total.